The molecule has 74 valence electrons. The molecule has 3 nitrogen and oxygen atoms in total. The van der Waals surface area contributed by atoms with Gasteiger partial charge in [-0.05, 0) is 37.4 Å². The van der Waals surface area contributed by atoms with Gasteiger partial charge in [0, 0.05) is 6.42 Å². The van der Waals surface area contributed by atoms with Crippen molar-refractivity contribution in [2.75, 3.05) is 19.7 Å². The zero-order valence-corrected chi connectivity index (χ0v) is 7.83. The fourth-order valence-electron chi connectivity index (χ4n) is 2.03. The fraction of sp³-hybridized carbons (Fsp3) is 0.800. The Morgan fingerprint density at radius 1 is 1.69 bits per heavy atom. The maximum atomic E-state index is 9.83. The molecule has 1 saturated heterocycles. The second-order valence-electron chi connectivity index (χ2n) is 3.92. The van der Waals surface area contributed by atoms with Crippen molar-refractivity contribution in [3.05, 3.63) is 11.8 Å². The summed E-state index contributed by atoms with van der Waals surface area (Å²) in [7, 11) is 0. The lowest BCUT2D eigenvalue weighted by molar-refractivity contribution is 0.177. The molecule has 0 aromatic heterocycles. The molecule has 1 fully saturated rings. The van der Waals surface area contributed by atoms with Gasteiger partial charge in [0.05, 0.1) is 19.0 Å². The highest BCUT2D eigenvalue weighted by atomic mass is 16.5. The van der Waals surface area contributed by atoms with Crippen molar-refractivity contribution in [1.29, 1.82) is 0 Å². The first-order chi connectivity index (χ1) is 6.36. The van der Waals surface area contributed by atoms with Gasteiger partial charge in [-0.2, -0.15) is 0 Å². The minimum absolute atomic E-state index is 0.271. The van der Waals surface area contributed by atoms with Crippen LogP contribution in [0.25, 0.3) is 0 Å². The largest absolute Gasteiger partial charge is 0.501 e. The normalized spacial score (nSPS) is 29.9. The number of hydrogen-bond acceptors (Lipinski definition) is 3. The molecule has 0 aromatic carbocycles. The zero-order valence-electron chi connectivity index (χ0n) is 7.83. The second kappa shape index (κ2) is 4.11. The van der Waals surface area contributed by atoms with Crippen LogP contribution in [0.15, 0.2) is 11.8 Å². The van der Waals surface area contributed by atoms with E-state index in [9.17, 15) is 5.11 Å². The lowest BCUT2D eigenvalue weighted by Crippen LogP contribution is -2.17. The van der Waals surface area contributed by atoms with Crippen LogP contribution >= 0.6 is 0 Å². The van der Waals surface area contributed by atoms with Gasteiger partial charge in [-0.25, -0.2) is 0 Å². The van der Waals surface area contributed by atoms with Gasteiger partial charge in [0.15, 0.2) is 0 Å². The summed E-state index contributed by atoms with van der Waals surface area (Å²) in [6.07, 6.45) is 4.45. The van der Waals surface area contributed by atoms with E-state index in [4.69, 9.17) is 4.74 Å². The smallest absolute Gasteiger partial charge is 0.0912 e. The first kappa shape index (κ1) is 9.03. The third kappa shape index (κ3) is 2.23. The number of aliphatic hydroxyl groups is 1. The van der Waals surface area contributed by atoms with Crippen molar-refractivity contribution < 1.29 is 9.84 Å². The molecule has 2 rings (SSSR count). The summed E-state index contributed by atoms with van der Waals surface area (Å²) < 4.78 is 5.11. The van der Waals surface area contributed by atoms with E-state index >= 15 is 0 Å². The zero-order chi connectivity index (χ0) is 9.10. The summed E-state index contributed by atoms with van der Waals surface area (Å²) in [5.41, 5.74) is 1.08. The number of hydrogen-bond donors (Lipinski definition) is 2. The van der Waals surface area contributed by atoms with Crippen molar-refractivity contribution in [3.63, 3.8) is 0 Å². The standard InChI is InChI=1S/C10H17NO2/c12-10(9-2-4-13-7-9)5-8-1-3-11-6-8/h7-8,10-12H,1-6H2. The second-order valence-corrected chi connectivity index (χ2v) is 3.92. The minimum Gasteiger partial charge on any atom is -0.501 e. The molecule has 0 aromatic rings. The van der Waals surface area contributed by atoms with Crippen molar-refractivity contribution in [3.8, 4) is 0 Å². The van der Waals surface area contributed by atoms with E-state index in [0.29, 0.717) is 5.92 Å². The maximum absolute atomic E-state index is 9.83. The lowest BCUT2D eigenvalue weighted by atomic mass is 9.96. The van der Waals surface area contributed by atoms with Crippen LogP contribution in [0.3, 0.4) is 0 Å². The van der Waals surface area contributed by atoms with E-state index in [0.717, 1.165) is 38.1 Å². The van der Waals surface area contributed by atoms with E-state index in [2.05, 4.69) is 5.32 Å². The Labute approximate surface area is 78.8 Å². The molecular weight excluding hydrogens is 166 g/mol. The van der Waals surface area contributed by atoms with Crippen LogP contribution in [0.2, 0.25) is 0 Å². The van der Waals surface area contributed by atoms with Crippen LogP contribution in [-0.4, -0.2) is 30.9 Å². The average Bonchev–Trinajstić information content (AvgIpc) is 2.74. The SMILES string of the molecule is OC(CC1CCNC1)C1=COCC1. The van der Waals surface area contributed by atoms with Crippen LogP contribution in [0, 0.1) is 5.92 Å². The van der Waals surface area contributed by atoms with Crippen LogP contribution in [0.1, 0.15) is 19.3 Å². The Morgan fingerprint density at radius 3 is 3.23 bits per heavy atom. The average molecular weight is 183 g/mol. The van der Waals surface area contributed by atoms with Gasteiger partial charge >= 0.3 is 0 Å². The van der Waals surface area contributed by atoms with Crippen LogP contribution < -0.4 is 5.32 Å². The predicted molar refractivity (Wildman–Crippen MR) is 50.3 cm³/mol. The highest BCUT2D eigenvalue weighted by Crippen LogP contribution is 2.22. The van der Waals surface area contributed by atoms with Gasteiger partial charge in [-0.1, -0.05) is 0 Å². The molecule has 0 radical (unpaired) electrons. The summed E-state index contributed by atoms with van der Waals surface area (Å²) >= 11 is 0. The molecule has 0 aliphatic carbocycles. The number of ether oxygens (including phenoxy) is 1. The summed E-state index contributed by atoms with van der Waals surface area (Å²) in [4.78, 5) is 0. The van der Waals surface area contributed by atoms with Crippen molar-refractivity contribution in [1.82, 2.24) is 5.32 Å². The lowest BCUT2D eigenvalue weighted by Gasteiger charge is -2.14. The molecule has 2 aliphatic rings. The van der Waals surface area contributed by atoms with Crippen molar-refractivity contribution >= 4 is 0 Å². The summed E-state index contributed by atoms with van der Waals surface area (Å²) in [6.45, 7) is 2.91. The first-order valence-corrected chi connectivity index (χ1v) is 5.05. The van der Waals surface area contributed by atoms with Gasteiger partial charge < -0.3 is 15.2 Å². The molecule has 0 spiro atoms. The van der Waals surface area contributed by atoms with Crippen LogP contribution in [0.5, 0.6) is 0 Å². The van der Waals surface area contributed by atoms with Gasteiger partial charge in [0.25, 0.3) is 0 Å². The van der Waals surface area contributed by atoms with Gasteiger partial charge in [0.1, 0.15) is 0 Å². The van der Waals surface area contributed by atoms with E-state index in [-0.39, 0.29) is 6.10 Å². The Hall–Kier alpha value is -0.540. The van der Waals surface area contributed by atoms with E-state index in [1.54, 1.807) is 6.26 Å². The van der Waals surface area contributed by atoms with Gasteiger partial charge in [-0.15, -0.1) is 0 Å². The third-order valence-corrected chi connectivity index (χ3v) is 2.89. The van der Waals surface area contributed by atoms with E-state index < -0.39 is 0 Å². The Balaban J connectivity index is 1.79. The number of rotatable bonds is 3. The van der Waals surface area contributed by atoms with E-state index in [1.165, 1.54) is 6.42 Å². The molecule has 2 unspecified atom stereocenters. The summed E-state index contributed by atoms with van der Waals surface area (Å²) in [5, 5.41) is 13.1. The topological polar surface area (TPSA) is 41.5 Å². The Morgan fingerprint density at radius 2 is 2.62 bits per heavy atom. The van der Waals surface area contributed by atoms with Gasteiger partial charge in [-0.3, -0.25) is 0 Å². The Bertz CT molecular complexity index is 197. The highest BCUT2D eigenvalue weighted by Gasteiger charge is 2.22. The molecule has 0 amide bonds. The third-order valence-electron chi connectivity index (χ3n) is 2.89. The number of nitrogens with one attached hydrogen (secondary N) is 1. The van der Waals surface area contributed by atoms with Gasteiger partial charge in [0.2, 0.25) is 0 Å². The molecule has 13 heavy (non-hydrogen) atoms. The summed E-state index contributed by atoms with van der Waals surface area (Å²) in [5.74, 6) is 0.650. The molecule has 3 heteroatoms. The fourth-order valence-corrected chi connectivity index (χ4v) is 2.03. The first-order valence-electron chi connectivity index (χ1n) is 5.05. The van der Waals surface area contributed by atoms with Crippen LogP contribution in [-0.2, 0) is 4.74 Å². The summed E-state index contributed by atoms with van der Waals surface area (Å²) in [6, 6.07) is 0. The molecule has 2 atom stereocenters. The molecular formula is C10H17NO2. The van der Waals surface area contributed by atoms with Crippen molar-refractivity contribution in [2.45, 2.75) is 25.4 Å². The molecule has 2 aliphatic heterocycles. The quantitative estimate of drug-likeness (QED) is 0.675. The molecule has 2 N–H and O–H groups in total. The maximum Gasteiger partial charge on any atom is 0.0912 e. The minimum atomic E-state index is -0.271. The monoisotopic (exact) mass is 183 g/mol. The number of aliphatic hydroxyl groups excluding tert-OH is 1. The highest BCUT2D eigenvalue weighted by molar-refractivity contribution is 5.08. The van der Waals surface area contributed by atoms with E-state index in [1.807, 2.05) is 0 Å². The Kier molecular flexibility index (Phi) is 2.86. The molecule has 0 bridgehead atoms. The molecule has 0 saturated carbocycles. The predicted octanol–water partition coefficient (Wildman–Crippen LogP) is 0.651. The molecule has 2 heterocycles. The van der Waals surface area contributed by atoms with Crippen molar-refractivity contribution in [2.24, 2.45) is 5.92 Å². The van der Waals surface area contributed by atoms with Crippen LogP contribution in [0.4, 0.5) is 0 Å².